The predicted octanol–water partition coefficient (Wildman–Crippen LogP) is 3.72. The maximum absolute atomic E-state index is 4.36. The molecule has 2 heterocycles. The highest BCUT2D eigenvalue weighted by Crippen LogP contribution is 2.24. The Morgan fingerprint density at radius 2 is 1.95 bits per heavy atom. The molecule has 1 fully saturated rings. The Bertz CT molecular complexity index is 556. The van der Waals surface area contributed by atoms with Crippen molar-refractivity contribution in [2.45, 2.75) is 30.3 Å². The van der Waals surface area contributed by atoms with Gasteiger partial charge in [0.25, 0.3) is 0 Å². The van der Waals surface area contributed by atoms with E-state index in [1.807, 2.05) is 30.0 Å². The quantitative estimate of drug-likeness (QED) is 0.805. The summed E-state index contributed by atoms with van der Waals surface area (Å²) in [5, 5.41) is 9.73. The SMILES string of the molecule is CN1CCCCC1CSc1ccc(-c2ccccc2)nn1. The first-order chi connectivity index (χ1) is 10.3. The van der Waals surface area contributed by atoms with Crippen LogP contribution in [-0.4, -0.2) is 40.5 Å². The van der Waals surface area contributed by atoms with E-state index < -0.39 is 0 Å². The van der Waals surface area contributed by atoms with Crippen molar-refractivity contribution in [3.8, 4) is 11.3 Å². The van der Waals surface area contributed by atoms with Crippen molar-refractivity contribution in [2.24, 2.45) is 0 Å². The topological polar surface area (TPSA) is 29.0 Å². The summed E-state index contributed by atoms with van der Waals surface area (Å²) in [4.78, 5) is 2.47. The lowest BCUT2D eigenvalue weighted by molar-refractivity contribution is 0.204. The lowest BCUT2D eigenvalue weighted by atomic mass is 10.1. The fourth-order valence-electron chi connectivity index (χ4n) is 2.70. The fourth-order valence-corrected chi connectivity index (χ4v) is 3.74. The van der Waals surface area contributed by atoms with Crippen LogP contribution in [0.4, 0.5) is 0 Å². The van der Waals surface area contributed by atoms with Crippen LogP contribution in [0.2, 0.25) is 0 Å². The van der Waals surface area contributed by atoms with Gasteiger partial charge in [-0.25, -0.2) is 0 Å². The van der Waals surface area contributed by atoms with E-state index in [4.69, 9.17) is 0 Å². The first kappa shape index (κ1) is 14.5. The van der Waals surface area contributed by atoms with Gasteiger partial charge in [-0.1, -0.05) is 36.8 Å². The largest absolute Gasteiger partial charge is 0.303 e. The molecule has 1 aromatic carbocycles. The first-order valence-electron chi connectivity index (χ1n) is 7.55. The molecule has 4 heteroatoms. The van der Waals surface area contributed by atoms with Crippen LogP contribution < -0.4 is 0 Å². The van der Waals surface area contributed by atoms with Gasteiger partial charge in [-0.2, -0.15) is 0 Å². The predicted molar refractivity (Wildman–Crippen MR) is 88.5 cm³/mol. The van der Waals surface area contributed by atoms with Crippen LogP contribution in [0.5, 0.6) is 0 Å². The van der Waals surface area contributed by atoms with E-state index >= 15 is 0 Å². The summed E-state index contributed by atoms with van der Waals surface area (Å²) < 4.78 is 0. The highest BCUT2D eigenvalue weighted by atomic mass is 32.2. The maximum Gasteiger partial charge on any atom is 0.119 e. The van der Waals surface area contributed by atoms with Crippen molar-refractivity contribution >= 4 is 11.8 Å². The van der Waals surface area contributed by atoms with Gasteiger partial charge in [-0.3, -0.25) is 0 Å². The molecule has 0 N–H and O–H groups in total. The number of thioether (sulfide) groups is 1. The molecule has 1 saturated heterocycles. The fraction of sp³-hybridized carbons (Fsp3) is 0.412. The summed E-state index contributed by atoms with van der Waals surface area (Å²) in [6, 6.07) is 15.0. The molecule has 1 aliphatic rings. The molecular formula is C17H21N3S. The van der Waals surface area contributed by atoms with Gasteiger partial charge in [0.1, 0.15) is 5.03 Å². The van der Waals surface area contributed by atoms with Gasteiger partial charge >= 0.3 is 0 Å². The Labute approximate surface area is 130 Å². The highest BCUT2D eigenvalue weighted by molar-refractivity contribution is 7.99. The smallest absolute Gasteiger partial charge is 0.119 e. The zero-order valence-electron chi connectivity index (χ0n) is 12.4. The molecule has 3 nitrogen and oxygen atoms in total. The first-order valence-corrected chi connectivity index (χ1v) is 8.54. The second kappa shape index (κ2) is 7.05. The molecule has 0 saturated carbocycles. The third-order valence-electron chi connectivity index (χ3n) is 4.05. The average Bonchev–Trinajstić information content (AvgIpc) is 2.55. The van der Waals surface area contributed by atoms with Gasteiger partial charge in [0.2, 0.25) is 0 Å². The number of benzene rings is 1. The maximum atomic E-state index is 4.36. The third kappa shape index (κ3) is 3.83. The number of hydrogen-bond donors (Lipinski definition) is 0. The number of nitrogens with zero attached hydrogens (tertiary/aromatic N) is 3. The van der Waals surface area contributed by atoms with Crippen LogP contribution in [0.15, 0.2) is 47.5 Å². The Hall–Kier alpha value is -1.39. The third-order valence-corrected chi connectivity index (χ3v) is 5.12. The average molecular weight is 299 g/mol. The molecule has 1 aliphatic heterocycles. The Morgan fingerprint density at radius 1 is 1.10 bits per heavy atom. The van der Waals surface area contributed by atoms with Crippen molar-refractivity contribution in [3.63, 3.8) is 0 Å². The van der Waals surface area contributed by atoms with Gasteiger partial charge in [0.15, 0.2) is 0 Å². The summed E-state index contributed by atoms with van der Waals surface area (Å²) in [6.07, 6.45) is 4.00. The van der Waals surface area contributed by atoms with E-state index in [0.29, 0.717) is 6.04 Å². The molecule has 1 atom stereocenters. The lowest BCUT2D eigenvalue weighted by Gasteiger charge is -2.31. The number of likely N-dealkylation sites (tertiary alicyclic amines) is 1. The molecule has 0 aliphatic carbocycles. The summed E-state index contributed by atoms with van der Waals surface area (Å²) in [5.41, 5.74) is 2.06. The van der Waals surface area contributed by atoms with Crippen LogP contribution in [0.25, 0.3) is 11.3 Å². The lowest BCUT2D eigenvalue weighted by Crippen LogP contribution is -2.37. The minimum atomic E-state index is 0.680. The molecule has 0 amide bonds. The van der Waals surface area contributed by atoms with Crippen LogP contribution in [0.1, 0.15) is 19.3 Å². The molecule has 1 unspecified atom stereocenters. The van der Waals surface area contributed by atoms with E-state index in [-0.39, 0.29) is 0 Å². The molecule has 0 spiro atoms. The Morgan fingerprint density at radius 3 is 2.67 bits per heavy atom. The summed E-state index contributed by atoms with van der Waals surface area (Å²) >= 11 is 1.82. The van der Waals surface area contributed by atoms with Crippen LogP contribution in [-0.2, 0) is 0 Å². The van der Waals surface area contributed by atoms with E-state index in [9.17, 15) is 0 Å². The molecule has 21 heavy (non-hydrogen) atoms. The van der Waals surface area contributed by atoms with Crippen molar-refractivity contribution in [1.29, 1.82) is 0 Å². The van der Waals surface area contributed by atoms with Gasteiger partial charge in [0.05, 0.1) is 5.69 Å². The zero-order chi connectivity index (χ0) is 14.5. The summed E-state index contributed by atoms with van der Waals surface area (Å²) in [7, 11) is 2.23. The van der Waals surface area contributed by atoms with Crippen molar-refractivity contribution in [3.05, 3.63) is 42.5 Å². The second-order valence-corrected chi connectivity index (χ2v) is 6.60. The van der Waals surface area contributed by atoms with E-state index in [2.05, 4.69) is 46.4 Å². The molecule has 2 aromatic rings. The minimum Gasteiger partial charge on any atom is -0.303 e. The number of rotatable bonds is 4. The zero-order valence-corrected chi connectivity index (χ0v) is 13.2. The van der Waals surface area contributed by atoms with Crippen molar-refractivity contribution in [2.75, 3.05) is 19.3 Å². The summed E-state index contributed by atoms with van der Waals surface area (Å²) in [6.45, 7) is 1.23. The number of hydrogen-bond acceptors (Lipinski definition) is 4. The molecule has 1 aromatic heterocycles. The molecule has 110 valence electrons. The van der Waals surface area contributed by atoms with E-state index in [0.717, 1.165) is 22.0 Å². The molecule has 0 bridgehead atoms. The van der Waals surface area contributed by atoms with Crippen molar-refractivity contribution in [1.82, 2.24) is 15.1 Å². The van der Waals surface area contributed by atoms with E-state index in [1.165, 1.54) is 25.8 Å². The molecule has 3 rings (SSSR count). The molecular weight excluding hydrogens is 278 g/mol. The Balaban J connectivity index is 1.60. The van der Waals surface area contributed by atoms with Crippen LogP contribution in [0.3, 0.4) is 0 Å². The number of aromatic nitrogens is 2. The number of piperidine rings is 1. The highest BCUT2D eigenvalue weighted by Gasteiger charge is 2.19. The second-order valence-electron chi connectivity index (χ2n) is 5.56. The van der Waals surface area contributed by atoms with Crippen molar-refractivity contribution < 1.29 is 0 Å². The van der Waals surface area contributed by atoms with Gasteiger partial charge in [-0.15, -0.1) is 22.0 Å². The van der Waals surface area contributed by atoms with Gasteiger partial charge in [-0.05, 0) is 38.6 Å². The van der Waals surface area contributed by atoms with Crippen LogP contribution in [0, 0.1) is 0 Å². The normalized spacial score (nSPS) is 19.6. The van der Waals surface area contributed by atoms with Gasteiger partial charge in [0, 0.05) is 17.4 Å². The minimum absolute atomic E-state index is 0.680. The van der Waals surface area contributed by atoms with E-state index in [1.54, 1.807) is 0 Å². The Kier molecular flexibility index (Phi) is 4.88. The van der Waals surface area contributed by atoms with Crippen LogP contribution >= 0.6 is 11.8 Å². The standard InChI is InChI=1S/C17H21N3S/c1-20-12-6-5-9-15(20)13-21-17-11-10-16(18-19-17)14-7-3-2-4-8-14/h2-4,7-8,10-11,15H,5-6,9,12-13H2,1H3. The summed E-state index contributed by atoms with van der Waals surface area (Å²) in [5.74, 6) is 1.11. The monoisotopic (exact) mass is 299 g/mol. The molecule has 0 radical (unpaired) electrons. The van der Waals surface area contributed by atoms with Gasteiger partial charge < -0.3 is 4.90 Å².